The monoisotopic (exact) mass is 648 g/mol. The van der Waals surface area contributed by atoms with Gasteiger partial charge in [0.1, 0.15) is 0 Å². The van der Waals surface area contributed by atoms with E-state index in [1.54, 1.807) is 0 Å². The van der Waals surface area contributed by atoms with Crippen molar-refractivity contribution in [3.8, 4) is 0 Å². The molecule has 0 aromatic rings. The highest BCUT2D eigenvalue weighted by atomic mass is 19.4. The fourth-order valence-corrected chi connectivity index (χ4v) is 1.83. The van der Waals surface area contributed by atoms with Crippen molar-refractivity contribution in [1.82, 2.24) is 0 Å². The van der Waals surface area contributed by atoms with Crippen molar-refractivity contribution in [2.75, 3.05) is 0 Å². The summed E-state index contributed by atoms with van der Waals surface area (Å²) in [4.78, 5) is 9.60. The predicted octanol–water partition coefficient (Wildman–Crippen LogP) is 6.32. The van der Waals surface area contributed by atoms with Crippen molar-refractivity contribution in [2.24, 2.45) is 0 Å². The van der Waals surface area contributed by atoms with Crippen LogP contribution in [0.3, 0.4) is 0 Å². The molecule has 240 valence electrons. The Morgan fingerprint density at radius 1 is 0.525 bits per heavy atom. The van der Waals surface area contributed by atoms with Crippen molar-refractivity contribution in [3.05, 3.63) is 12.2 Å². The number of aliphatic carboxylic acids is 1. The van der Waals surface area contributed by atoms with Crippen LogP contribution < -0.4 is 0 Å². The van der Waals surface area contributed by atoms with Crippen LogP contribution in [0.2, 0.25) is 0 Å². The molecule has 0 aliphatic rings. The zero-order chi connectivity index (χ0) is 33.7. The molecule has 0 aliphatic carbocycles. The number of aliphatic hydroxyl groups is 2. The molecule has 0 rings (SSSR count). The van der Waals surface area contributed by atoms with E-state index < -0.39 is 78.4 Å². The van der Waals surface area contributed by atoms with Gasteiger partial charge in [-0.05, 0) is 6.92 Å². The maximum absolute atomic E-state index is 13.4. The lowest BCUT2D eigenvalue weighted by Gasteiger charge is -2.45. The first kappa shape index (κ1) is 39.9. The van der Waals surface area contributed by atoms with E-state index in [-0.39, 0.29) is 5.57 Å². The number of alkyl halides is 20. The molecule has 0 heterocycles. The summed E-state index contributed by atoms with van der Waals surface area (Å²) < 4.78 is 262. The summed E-state index contributed by atoms with van der Waals surface area (Å²) in [6.07, 6.45) is -5.16. The van der Waals surface area contributed by atoms with E-state index >= 15 is 0 Å². The average molecular weight is 648 g/mol. The Morgan fingerprint density at radius 3 is 0.850 bits per heavy atom. The topological polar surface area (TPSA) is 77.8 Å². The van der Waals surface area contributed by atoms with E-state index in [0.29, 0.717) is 0 Å². The van der Waals surface area contributed by atoms with Crippen molar-refractivity contribution in [3.63, 3.8) is 0 Å². The summed E-state index contributed by atoms with van der Waals surface area (Å²) >= 11 is 0. The van der Waals surface area contributed by atoms with E-state index in [9.17, 15) is 92.6 Å². The number of carbonyl (C=O) groups is 1. The van der Waals surface area contributed by atoms with Gasteiger partial charge in [-0.25, -0.2) is 4.79 Å². The Hall–Kier alpha value is -2.27. The molecule has 4 nitrogen and oxygen atoms in total. The zero-order valence-electron chi connectivity index (χ0n) is 18.6. The molecular weight excluding hydrogens is 636 g/mol. The van der Waals surface area contributed by atoms with E-state index in [1.807, 2.05) is 0 Å². The summed E-state index contributed by atoms with van der Waals surface area (Å²) in [5.74, 6) is -84.4. The highest BCUT2D eigenvalue weighted by molar-refractivity contribution is 5.84. The number of hydrogen-bond donors (Lipinski definition) is 3. The maximum Gasteiger partial charge on any atom is 0.385 e. The standard InChI is InChI=1S/C12H6F20O2.C4H6O2/c1-3(13,14)5(17,18)7(21,22)9(25,26)11(29,30)12(31,32)10(27,28)8(23,24)6(19,20)4(15,16)2(33)34;1-3(2)4(5)6/h2,33-34H,1H3;1H2,2H3,(H,5,6). The van der Waals surface area contributed by atoms with Crippen molar-refractivity contribution < 1.29 is 108 Å². The predicted molar refractivity (Wildman–Crippen MR) is 85.8 cm³/mol. The second-order valence-electron chi connectivity index (χ2n) is 7.57. The van der Waals surface area contributed by atoms with Gasteiger partial charge < -0.3 is 15.3 Å². The van der Waals surface area contributed by atoms with Crippen LogP contribution >= 0.6 is 0 Å². The molecule has 24 heteroatoms. The largest absolute Gasteiger partial charge is 0.478 e. The molecule has 0 spiro atoms. The molecule has 0 saturated carbocycles. The molecule has 0 unspecified atom stereocenters. The Kier molecular flexibility index (Phi) is 10.5. The Bertz CT molecular complexity index is 921. The molecule has 0 bridgehead atoms. The van der Waals surface area contributed by atoms with Crippen LogP contribution in [-0.4, -0.2) is 86.8 Å². The van der Waals surface area contributed by atoms with Gasteiger partial charge in [0.15, 0.2) is 0 Å². The minimum absolute atomic E-state index is 0.176. The third-order valence-electron chi connectivity index (χ3n) is 4.42. The van der Waals surface area contributed by atoms with Gasteiger partial charge in [-0.15, -0.1) is 0 Å². The fraction of sp³-hybridized carbons (Fsp3) is 0.812. The molecule has 0 aromatic carbocycles. The van der Waals surface area contributed by atoms with Gasteiger partial charge in [-0.1, -0.05) is 6.58 Å². The number of rotatable bonds is 11. The van der Waals surface area contributed by atoms with Crippen LogP contribution in [0.25, 0.3) is 0 Å². The SMILES string of the molecule is C=C(C)C(=O)O.CC(F)(F)C(F)(F)C(F)(F)C(F)(F)C(F)(F)C(F)(F)C(F)(F)C(F)(F)C(F)(F)C(F)(F)C(O)O. The van der Waals surface area contributed by atoms with Gasteiger partial charge in [-0.3, -0.25) is 0 Å². The first-order valence-electron chi connectivity index (χ1n) is 8.87. The molecular formula is C16H12F20O4. The van der Waals surface area contributed by atoms with Crippen molar-refractivity contribution >= 4 is 5.97 Å². The Balaban J connectivity index is 0. The van der Waals surface area contributed by atoms with Crippen LogP contribution in [0.5, 0.6) is 0 Å². The van der Waals surface area contributed by atoms with E-state index in [4.69, 9.17) is 15.3 Å². The zero-order valence-corrected chi connectivity index (χ0v) is 18.6. The minimum Gasteiger partial charge on any atom is -0.478 e. The first-order chi connectivity index (χ1) is 16.8. The van der Waals surface area contributed by atoms with Gasteiger partial charge in [0, 0.05) is 12.5 Å². The highest BCUT2D eigenvalue weighted by Crippen LogP contribution is 2.66. The second-order valence-corrected chi connectivity index (χ2v) is 7.57. The quantitative estimate of drug-likeness (QED) is 0.139. The average Bonchev–Trinajstić information content (AvgIpc) is 2.71. The van der Waals surface area contributed by atoms with Crippen LogP contribution in [0.1, 0.15) is 13.8 Å². The smallest absolute Gasteiger partial charge is 0.385 e. The number of carboxylic acids is 1. The van der Waals surface area contributed by atoms with Crippen molar-refractivity contribution in [2.45, 2.75) is 79.4 Å². The van der Waals surface area contributed by atoms with Crippen LogP contribution in [0, 0.1) is 0 Å². The van der Waals surface area contributed by atoms with Gasteiger partial charge in [0.05, 0.1) is 0 Å². The number of halogens is 20. The number of carboxylic acid groups (broad SMARTS) is 1. The molecule has 0 radical (unpaired) electrons. The Morgan fingerprint density at radius 2 is 0.700 bits per heavy atom. The maximum atomic E-state index is 13.4. The first-order valence-corrected chi connectivity index (χ1v) is 8.87. The lowest BCUT2D eigenvalue weighted by molar-refractivity contribution is -0.472. The van der Waals surface area contributed by atoms with E-state index in [1.165, 1.54) is 6.92 Å². The lowest BCUT2D eigenvalue weighted by atomic mass is 9.85. The number of hydrogen-bond acceptors (Lipinski definition) is 3. The minimum atomic E-state index is -9.13. The summed E-state index contributed by atoms with van der Waals surface area (Å²) in [5.41, 5.74) is 0.176. The summed E-state index contributed by atoms with van der Waals surface area (Å²) in [6, 6.07) is 0. The molecule has 0 saturated heterocycles. The molecule has 0 aromatic heterocycles. The summed E-state index contributed by atoms with van der Waals surface area (Å²) in [5, 5.41) is 23.6. The second kappa shape index (κ2) is 10.5. The highest BCUT2D eigenvalue weighted by Gasteiger charge is 2.97. The van der Waals surface area contributed by atoms with Crippen molar-refractivity contribution in [1.29, 1.82) is 0 Å². The van der Waals surface area contributed by atoms with Gasteiger partial charge in [0.25, 0.3) is 0 Å². The molecule has 0 aliphatic heterocycles. The molecule has 0 amide bonds. The fourth-order valence-electron chi connectivity index (χ4n) is 1.83. The third kappa shape index (κ3) is 5.47. The Labute approximate surface area is 206 Å². The normalized spacial score (nSPS) is 15.5. The molecule has 40 heavy (non-hydrogen) atoms. The van der Waals surface area contributed by atoms with Crippen LogP contribution in [-0.2, 0) is 4.79 Å². The molecule has 3 N–H and O–H groups in total. The number of aliphatic hydroxyl groups excluding tert-OH is 1. The van der Waals surface area contributed by atoms with E-state index in [0.717, 1.165) is 0 Å². The van der Waals surface area contributed by atoms with Gasteiger partial charge in [-0.2, -0.15) is 87.8 Å². The lowest BCUT2D eigenvalue weighted by Crippen LogP contribution is -2.77. The van der Waals surface area contributed by atoms with Crippen LogP contribution in [0.4, 0.5) is 87.8 Å². The summed E-state index contributed by atoms with van der Waals surface area (Å²) in [6.45, 7) is 3.20. The van der Waals surface area contributed by atoms with Gasteiger partial charge >= 0.3 is 65.2 Å². The summed E-state index contributed by atoms with van der Waals surface area (Å²) in [7, 11) is 0. The van der Waals surface area contributed by atoms with Crippen LogP contribution in [0.15, 0.2) is 12.2 Å². The van der Waals surface area contributed by atoms with E-state index in [2.05, 4.69) is 6.58 Å². The molecule has 0 atom stereocenters. The van der Waals surface area contributed by atoms with Gasteiger partial charge in [0.2, 0.25) is 6.29 Å². The third-order valence-corrected chi connectivity index (χ3v) is 4.42. The molecule has 0 fully saturated rings.